The number of anilines is 1. The summed E-state index contributed by atoms with van der Waals surface area (Å²) < 4.78 is 0. The summed E-state index contributed by atoms with van der Waals surface area (Å²) in [4.78, 5) is 11.9. The van der Waals surface area contributed by atoms with Crippen molar-refractivity contribution in [2.75, 3.05) is 11.9 Å². The quantitative estimate of drug-likeness (QED) is 0.885. The number of nitrogens with one attached hydrogen (secondary N) is 2. The fourth-order valence-electron chi connectivity index (χ4n) is 1.85. The van der Waals surface area contributed by atoms with Gasteiger partial charge >= 0.3 is 0 Å². The summed E-state index contributed by atoms with van der Waals surface area (Å²) in [6.07, 6.45) is 0. The number of amides is 1. The zero-order chi connectivity index (χ0) is 15.2. The fraction of sp³-hybridized carbons (Fsp3) is 0.200. The van der Waals surface area contributed by atoms with Gasteiger partial charge in [-0.15, -0.1) is 11.3 Å². The number of thiophene rings is 1. The molecule has 1 amide bonds. The Morgan fingerprint density at radius 2 is 2.19 bits per heavy atom. The lowest BCUT2D eigenvalue weighted by molar-refractivity contribution is -0.115. The van der Waals surface area contributed by atoms with Crippen LogP contribution in [0.3, 0.4) is 0 Å². The van der Waals surface area contributed by atoms with Crippen LogP contribution in [-0.2, 0) is 4.79 Å². The highest BCUT2D eigenvalue weighted by Gasteiger charge is 2.12. The summed E-state index contributed by atoms with van der Waals surface area (Å²) in [5, 5.41) is 17.8. The van der Waals surface area contributed by atoms with Gasteiger partial charge in [-0.3, -0.25) is 4.79 Å². The van der Waals surface area contributed by atoms with E-state index in [0.29, 0.717) is 15.6 Å². The fourth-order valence-corrected chi connectivity index (χ4v) is 2.90. The Morgan fingerprint density at radius 1 is 1.43 bits per heavy atom. The maximum Gasteiger partial charge on any atom is 0.238 e. The third-order valence-electron chi connectivity index (χ3n) is 2.98. The van der Waals surface area contributed by atoms with Crippen LogP contribution in [0.4, 0.5) is 5.00 Å². The molecule has 6 heteroatoms. The van der Waals surface area contributed by atoms with Gasteiger partial charge in [-0.1, -0.05) is 29.8 Å². The first-order chi connectivity index (χ1) is 10.1. The third kappa shape index (κ3) is 4.05. The molecule has 1 heterocycles. The van der Waals surface area contributed by atoms with E-state index in [0.717, 1.165) is 5.56 Å². The molecular formula is C15H14ClN3OS. The van der Waals surface area contributed by atoms with Crippen LogP contribution in [0.25, 0.3) is 0 Å². The maximum atomic E-state index is 11.9. The van der Waals surface area contributed by atoms with Gasteiger partial charge in [0, 0.05) is 11.1 Å². The Bertz CT molecular complexity index is 678. The van der Waals surface area contributed by atoms with Gasteiger partial charge in [-0.25, -0.2) is 0 Å². The van der Waals surface area contributed by atoms with E-state index in [1.807, 2.05) is 37.3 Å². The zero-order valence-electron chi connectivity index (χ0n) is 11.4. The van der Waals surface area contributed by atoms with Crippen molar-refractivity contribution in [3.63, 3.8) is 0 Å². The Balaban J connectivity index is 1.90. The van der Waals surface area contributed by atoms with Gasteiger partial charge in [0.2, 0.25) is 5.91 Å². The highest BCUT2D eigenvalue weighted by Crippen LogP contribution is 2.23. The van der Waals surface area contributed by atoms with Gasteiger partial charge in [-0.05, 0) is 30.0 Å². The van der Waals surface area contributed by atoms with E-state index in [2.05, 4.69) is 10.6 Å². The van der Waals surface area contributed by atoms with E-state index in [-0.39, 0.29) is 18.5 Å². The molecule has 4 nitrogen and oxygen atoms in total. The number of hydrogen-bond acceptors (Lipinski definition) is 4. The Kier molecular flexibility index (Phi) is 5.34. The molecule has 0 unspecified atom stereocenters. The Hall–Kier alpha value is -1.87. The molecule has 0 fully saturated rings. The van der Waals surface area contributed by atoms with Crippen LogP contribution in [0.5, 0.6) is 0 Å². The van der Waals surface area contributed by atoms with Crippen LogP contribution < -0.4 is 10.6 Å². The van der Waals surface area contributed by atoms with E-state index in [1.165, 1.54) is 11.3 Å². The molecule has 0 spiro atoms. The second-order valence-electron chi connectivity index (χ2n) is 4.45. The highest BCUT2D eigenvalue weighted by atomic mass is 35.5. The first kappa shape index (κ1) is 15.5. The first-order valence-corrected chi connectivity index (χ1v) is 7.63. The molecule has 0 bridgehead atoms. The zero-order valence-corrected chi connectivity index (χ0v) is 13.0. The van der Waals surface area contributed by atoms with Crippen molar-refractivity contribution in [1.82, 2.24) is 5.32 Å². The predicted molar refractivity (Wildman–Crippen MR) is 85.5 cm³/mol. The Labute approximate surface area is 132 Å². The number of carbonyl (C=O) groups is 1. The summed E-state index contributed by atoms with van der Waals surface area (Å²) in [7, 11) is 0. The van der Waals surface area contributed by atoms with Crippen LogP contribution in [0, 0.1) is 11.3 Å². The Morgan fingerprint density at radius 3 is 2.90 bits per heavy atom. The number of hydrogen-bond donors (Lipinski definition) is 2. The van der Waals surface area contributed by atoms with E-state index in [1.54, 1.807) is 11.4 Å². The van der Waals surface area contributed by atoms with Crippen molar-refractivity contribution in [3.8, 4) is 6.07 Å². The highest BCUT2D eigenvalue weighted by molar-refractivity contribution is 7.14. The summed E-state index contributed by atoms with van der Waals surface area (Å²) in [6.45, 7) is 2.09. The van der Waals surface area contributed by atoms with Gasteiger partial charge < -0.3 is 10.6 Å². The van der Waals surface area contributed by atoms with Crippen molar-refractivity contribution >= 4 is 33.8 Å². The molecule has 0 aliphatic carbocycles. The van der Waals surface area contributed by atoms with E-state index in [4.69, 9.17) is 16.9 Å². The minimum atomic E-state index is -0.187. The topological polar surface area (TPSA) is 64.9 Å². The molecule has 1 aromatic carbocycles. The van der Waals surface area contributed by atoms with Gasteiger partial charge in [0.05, 0.1) is 12.1 Å². The number of rotatable bonds is 5. The summed E-state index contributed by atoms with van der Waals surface area (Å²) in [6, 6.07) is 11.2. The molecular weight excluding hydrogens is 306 g/mol. The summed E-state index contributed by atoms with van der Waals surface area (Å²) >= 11 is 7.45. The van der Waals surface area contributed by atoms with Crippen molar-refractivity contribution < 1.29 is 4.79 Å². The molecule has 108 valence electrons. The number of nitriles is 1. The van der Waals surface area contributed by atoms with Crippen molar-refractivity contribution in [1.29, 1.82) is 5.26 Å². The molecule has 21 heavy (non-hydrogen) atoms. The minimum absolute atomic E-state index is 0.0387. The SMILES string of the molecule is C[C@@H](NCC(=O)Nc1sccc1C#N)c1ccccc1Cl. The second-order valence-corrected chi connectivity index (χ2v) is 5.77. The molecule has 0 saturated heterocycles. The lowest BCUT2D eigenvalue weighted by atomic mass is 10.1. The predicted octanol–water partition coefficient (Wildman–Crippen LogP) is 3.56. The molecule has 0 radical (unpaired) electrons. The average molecular weight is 320 g/mol. The normalized spacial score (nSPS) is 11.7. The second kappa shape index (κ2) is 7.23. The standard InChI is InChI=1S/C15H14ClN3OS/c1-10(12-4-2-3-5-13(12)16)18-9-14(20)19-15-11(8-17)6-7-21-15/h2-7,10,18H,9H2,1H3,(H,19,20)/t10-/m1/s1. The molecule has 0 aliphatic rings. The third-order valence-corrected chi connectivity index (χ3v) is 4.15. The lowest BCUT2D eigenvalue weighted by Gasteiger charge is -2.15. The molecule has 1 aromatic heterocycles. The summed E-state index contributed by atoms with van der Waals surface area (Å²) in [5.74, 6) is -0.187. The smallest absolute Gasteiger partial charge is 0.238 e. The van der Waals surface area contributed by atoms with Gasteiger partial charge in [0.1, 0.15) is 11.1 Å². The van der Waals surface area contributed by atoms with Crippen molar-refractivity contribution in [2.24, 2.45) is 0 Å². The first-order valence-electron chi connectivity index (χ1n) is 6.37. The largest absolute Gasteiger partial charge is 0.315 e. The number of carbonyl (C=O) groups excluding carboxylic acids is 1. The number of nitrogens with zero attached hydrogens (tertiary/aromatic N) is 1. The van der Waals surface area contributed by atoms with Crippen LogP contribution in [0.15, 0.2) is 35.7 Å². The molecule has 2 rings (SSSR count). The molecule has 0 saturated carbocycles. The number of benzene rings is 1. The van der Waals surface area contributed by atoms with Gasteiger partial charge in [0.25, 0.3) is 0 Å². The van der Waals surface area contributed by atoms with Crippen LogP contribution in [0.1, 0.15) is 24.1 Å². The van der Waals surface area contributed by atoms with Crippen molar-refractivity contribution in [2.45, 2.75) is 13.0 Å². The van der Waals surface area contributed by atoms with Crippen LogP contribution in [-0.4, -0.2) is 12.5 Å². The molecule has 1 atom stereocenters. The van der Waals surface area contributed by atoms with E-state index >= 15 is 0 Å². The molecule has 2 aromatic rings. The molecule has 2 N–H and O–H groups in total. The lowest BCUT2D eigenvalue weighted by Crippen LogP contribution is -2.30. The minimum Gasteiger partial charge on any atom is -0.315 e. The van der Waals surface area contributed by atoms with Crippen LogP contribution in [0.2, 0.25) is 5.02 Å². The molecule has 0 aliphatic heterocycles. The van der Waals surface area contributed by atoms with Crippen LogP contribution >= 0.6 is 22.9 Å². The van der Waals surface area contributed by atoms with Gasteiger partial charge in [-0.2, -0.15) is 5.26 Å². The van der Waals surface area contributed by atoms with E-state index < -0.39 is 0 Å². The summed E-state index contributed by atoms with van der Waals surface area (Å²) in [5.41, 5.74) is 1.42. The van der Waals surface area contributed by atoms with Gasteiger partial charge in [0.15, 0.2) is 0 Å². The number of halogens is 1. The van der Waals surface area contributed by atoms with E-state index in [9.17, 15) is 4.79 Å². The van der Waals surface area contributed by atoms with Crippen molar-refractivity contribution in [3.05, 3.63) is 51.9 Å². The maximum absolute atomic E-state index is 11.9. The monoisotopic (exact) mass is 319 g/mol. The average Bonchev–Trinajstić information content (AvgIpc) is 2.92.